The van der Waals surface area contributed by atoms with Crippen molar-refractivity contribution >= 4 is 23.0 Å². The topological polar surface area (TPSA) is 35.5 Å². The third kappa shape index (κ3) is 3.83. The molecule has 0 radical (unpaired) electrons. The van der Waals surface area contributed by atoms with Crippen LogP contribution in [-0.4, -0.2) is 34.3 Å². The Hall–Kier alpha value is -1.39. The fraction of sp³-hybridized carbons (Fsp3) is 0.471. The molecule has 0 amide bonds. The Morgan fingerprint density at radius 3 is 2.81 bits per heavy atom. The summed E-state index contributed by atoms with van der Waals surface area (Å²) in [5, 5.41) is 14.2. The Balaban J connectivity index is 2.04. The van der Waals surface area contributed by atoms with E-state index in [1.165, 1.54) is 0 Å². The summed E-state index contributed by atoms with van der Waals surface area (Å²) in [6.07, 6.45) is 4.37. The Morgan fingerprint density at radius 2 is 2.14 bits per heavy atom. The van der Waals surface area contributed by atoms with Crippen LogP contribution in [0.3, 0.4) is 0 Å². The first-order valence-corrected chi connectivity index (χ1v) is 7.83. The van der Waals surface area contributed by atoms with Crippen LogP contribution in [0.1, 0.15) is 24.8 Å². The molecule has 2 N–H and O–H groups in total. The molecule has 1 saturated carbocycles. The number of likely N-dealkylation sites (N-methyl/N-ethyl adjacent to an activating group) is 1. The van der Waals surface area contributed by atoms with Crippen LogP contribution >= 0.6 is 12.2 Å². The van der Waals surface area contributed by atoms with Crippen molar-refractivity contribution in [3.63, 3.8) is 0 Å². The van der Waals surface area contributed by atoms with Gasteiger partial charge in [0.05, 0.1) is 12.1 Å². The van der Waals surface area contributed by atoms with Gasteiger partial charge in [0, 0.05) is 12.7 Å². The van der Waals surface area contributed by atoms with Crippen LogP contribution in [0.2, 0.25) is 0 Å². The predicted molar refractivity (Wildman–Crippen MR) is 92.5 cm³/mol. The molecular formula is C17H24N2OS. The summed E-state index contributed by atoms with van der Waals surface area (Å²) in [4.78, 5) is 1.99. The highest BCUT2D eigenvalue weighted by Crippen LogP contribution is 2.28. The Labute approximate surface area is 132 Å². The maximum absolute atomic E-state index is 10.3. The number of hydrogen-bond acceptors (Lipinski definition) is 2. The van der Waals surface area contributed by atoms with Crippen molar-refractivity contribution in [3.8, 4) is 0 Å². The van der Waals surface area contributed by atoms with E-state index in [2.05, 4.69) is 11.9 Å². The molecule has 0 saturated heterocycles. The number of hydrogen-bond donors (Lipinski definition) is 2. The molecule has 21 heavy (non-hydrogen) atoms. The fourth-order valence-electron chi connectivity index (χ4n) is 2.86. The zero-order chi connectivity index (χ0) is 15.4. The van der Waals surface area contributed by atoms with Gasteiger partial charge in [-0.25, -0.2) is 0 Å². The van der Waals surface area contributed by atoms with E-state index >= 15 is 0 Å². The maximum Gasteiger partial charge on any atom is 0.173 e. The Kier molecular flexibility index (Phi) is 5.37. The van der Waals surface area contributed by atoms with Crippen LogP contribution < -0.4 is 5.32 Å². The average molecular weight is 304 g/mol. The number of thiocarbonyl (C=S) groups is 1. The van der Waals surface area contributed by atoms with Crippen molar-refractivity contribution in [1.29, 1.82) is 0 Å². The predicted octanol–water partition coefficient (Wildman–Crippen LogP) is 3.34. The van der Waals surface area contributed by atoms with Crippen LogP contribution in [0.25, 0.3) is 0 Å². The van der Waals surface area contributed by atoms with Gasteiger partial charge >= 0.3 is 0 Å². The lowest BCUT2D eigenvalue weighted by molar-refractivity contribution is 0.0483. The van der Waals surface area contributed by atoms with Crippen LogP contribution in [0.4, 0.5) is 5.69 Å². The zero-order valence-electron chi connectivity index (χ0n) is 12.7. The molecule has 0 bridgehead atoms. The number of allylic oxidation sites excluding steroid dienone is 1. The molecule has 3 atom stereocenters. The van der Waals surface area contributed by atoms with Gasteiger partial charge in [0.2, 0.25) is 0 Å². The molecule has 0 spiro atoms. The minimum absolute atomic E-state index is 0.0470. The summed E-state index contributed by atoms with van der Waals surface area (Å²) < 4.78 is 0. The number of rotatable bonds is 3. The molecule has 1 aliphatic rings. The number of aliphatic hydroxyl groups excluding tert-OH is 1. The molecule has 1 aromatic rings. The van der Waals surface area contributed by atoms with E-state index in [1.807, 2.05) is 49.2 Å². The monoisotopic (exact) mass is 304 g/mol. The lowest BCUT2D eigenvalue weighted by atomic mass is 9.83. The Bertz CT molecular complexity index is 517. The highest BCUT2D eigenvalue weighted by atomic mass is 32.1. The van der Waals surface area contributed by atoms with E-state index in [0.717, 1.165) is 30.5 Å². The van der Waals surface area contributed by atoms with Crippen LogP contribution in [0, 0.1) is 12.8 Å². The van der Waals surface area contributed by atoms with Gasteiger partial charge in [-0.15, -0.1) is 6.58 Å². The van der Waals surface area contributed by atoms with E-state index in [4.69, 9.17) is 12.2 Å². The van der Waals surface area contributed by atoms with Gasteiger partial charge in [0.1, 0.15) is 0 Å². The van der Waals surface area contributed by atoms with Gasteiger partial charge < -0.3 is 15.3 Å². The van der Waals surface area contributed by atoms with E-state index in [9.17, 15) is 5.11 Å². The summed E-state index contributed by atoms with van der Waals surface area (Å²) in [6, 6.07) is 8.10. The lowest BCUT2D eigenvalue weighted by Crippen LogP contribution is -2.49. The molecule has 2 rings (SSSR count). The quantitative estimate of drug-likeness (QED) is 0.663. The van der Waals surface area contributed by atoms with E-state index in [0.29, 0.717) is 11.0 Å². The SMILES string of the molecule is C=C[C@@H]1CC[C@H](O)[C@H](N(C)C(=S)Nc2ccccc2C)C1. The molecule has 1 fully saturated rings. The lowest BCUT2D eigenvalue weighted by Gasteiger charge is -2.39. The number of aryl methyl sites for hydroxylation is 1. The van der Waals surface area contributed by atoms with Gasteiger partial charge in [0.15, 0.2) is 5.11 Å². The summed E-state index contributed by atoms with van der Waals surface area (Å²) in [5.41, 5.74) is 2.17. The van der Waals surface area contributed by atoms with Crippen LogP contribution in [-0.2, 0) is 0 Å². The minimum atomic E-state index is -0.331. The van der Waals surface area contributed by atoms with Crippen LogP contribution in [0.15, 0.2) is 36.9 Å². The molecule has 0 heterocycles. The third-order valence-corrected chi connectivity index (χ3v) is 4.75. The minimum Gasteiger partial charge on any atom is -0.391 e. The highest BCUT2D eigenvalue weighted by molar-refractivity contribution is 7.80. The van der Waals surface area contributed by atoms with Crippen molar-refractivity contribution in [2.75, 3.05) is 12.4 Å². The smallest absolute Gasteiger partial charge is 0.173 e. The molecular weight excluding hydrogens is 280 g/mol. The van der Waals surface area contributed by atoms with Crippen molar-refractivity contribution in [1.82, 2.24) is 4.90 Å². The summed E-state index contributed by atoms with van der Waals surface area (Å²) >= 11 is 5.50. The summed E-state index contributed by atoms with van der Waals surface area (Å²) in [6.45, 7) is 5.93. The first-order valence-electron chi connectivity index (χ1n) is 7.43. The molecule has 1 aliphatic carbocycles. The molecule has 3 nitrogen and oxygen atoms in total. The molecule has 0 aliphatic heterocycles. The normalized spacial score (nSPS) is 25.2. The zero-order valence-corrected chi connectivity index (χ0v) is 13.6. The highest BCUT2D eigenvalue weighted by Gasteiger charge is 2.31. The van der Waals surface area contributed by atoms with E-state index in [-0.39, 0.29) is 12.1 Å². The Morgan fingerprint density at radius 1 is 1.43 bits per heavy atom. The van der Waals surface area contributed by atoms with Gasteiger partial charge in [-0.05, 0) is 56.0 Å². The number of anilines is 1. The standard InChI is InChI=1S/C17H24N2OS/c1-4-13-9-10-16(20)15(11-13)19(3)17(21)18-14-8-6-5-7-12(14)2/h4-8,13,15-16,20H,1,9-11H2,2-3H3,(H,18,21)/t13-,15-,16+/m1/s1. The molecule has 0 aromatic heterocycles. The number of para-hydroxylation sites is 1. The van der Waals surface area contributed by atoms with Gasteiger partial charge in [-0.1, -0.05) is 24.3 Å². The van der Waals surface area contributed by atoms with Crippen molar-refractivity contribution in [2.24, 2.45) is 5.92 Å². The van der Waals surface area contributed by atoms with Crippen molar-refractivity contribution < 1.29 is 5.11 Å². The van der Waals surface area contributed by atoms with E-state index < -0.39 is 0 Å². The number of aliphatic hydroxyl groups is 1. The van der Waals surface area contributed by atoms with E-state index in [1.54, 1.807) is 0 Å². The first-order chi connectivity index (χ1) is 10.0. The van der Waals surface area contributed by atoms with Gasteiger partial charge in [-0.3, -0.25) is 0 Å². The molecule has 114 valence electrons. The number of nitrogens with one attached hydrogen (secondary N) is 1. The third-order valence-electron chi connectivity index (χ3n) is 4.36. The fourth-order valence-corrected chi connectivity index (χ4v) is 3.11. The molecule has 0 unspecified atom stereocenters. The summed E-state index contributed by atoms with van der Waals surface area (Å²) in [5.74, 6) is 0.460. The van der Waals surface area contributed by atoms with Crippen molar-refractivity contribution in [3.05, 3.63) is 42.5 Å². The second kappa shape index (κ2) is 7.05. The van der Waals surface area contributed by atoms with Gasteiger partial charge in [-0.2, -0.15) is 0 Å². The largest absolute Gasteiger partial charge is 0.391 e. The van der Waals surface area contributed by atoms with Crippen LogP contribution in [0.5, 0.6) is 0 Å². The maximum atomic E-state index is 10.3. The number of benzene rings is 1. The second-order valence-electron chi connectivity index (χ2n) is 5.80. The summed E-state index contributed by atoms with van der Waals surface area (Å²) in [7, 11) is 1.95. The average Bonchev–Trinajstić information content (AvgIpc) is 2.49. The second-order valence-corrected chi connectivity index (χ2v) is 6.19. The van der Waals surface area contributed by atoms with Gasteiger partial charge in [0.25, 0.3) is 0 Å². The molecule has 1 aromatic carbocycles. The first kappa shape index (κ1) is 16.0. The molecule has 4 heteroatoms. The van der Waals surface area contributed by atoms with Crippen molar-refractivity contribution in [2.45, 2.75) is 38.3 Å². The number of nitrogens with zero attached hydrogens (tertiary/aromatic N) is 1.